The first-order chi connectivity index (χ1) is 9.06. The van der Waals surface area contributed by atoms with Gasteiger partial charge in [0.25, 0.3) is 0 Å². The van der Waals surface area contributed by atoms with E-state index < -0.39 is 16.9 Å². The molecule has 0 saturated carbocycles. The van der Waals surface area contributed by atoms with Gasteiger partial charge in [-0.25, -0.2) is 0 Å². The van der Waals surface area contributed by atoms with Crippen molar-refractivity contribution in [1.29, 1.82) is 0 Å². The number of carboxylic acid groups (broad SMARTS) is 1. The zero-order valence-electron chi connectivity index (χ0n) is 12.2. The number of rotatable bonds is 5. The molecule has 0 aliphatic rings. The van der Waals surface area contributed by atoms with E-state index in [0.29, 0.717) is 5.56 Å². The second kappa shape index (κ2) is 5.53. The summed E-state index contributed by atoms with van der Waals surface area (Å²) >= 11 is 0. The molecule has 0 saturated heterocycles. The van der Waals surface area contributed by atoms with Gasteiger partial charge in [-0.15, -0.1) is 0 Å². The Morgan fingerprint density at radius 1 is 1.20 bits per heavy atom. The van der Waals surface area contributed by atoms with Gasteiger partial charge in [0.2, 0.25) is 5.91 Å². The highest BCUT2D eigenvalue weighted by Crippen LogP contribution is 2.30. The highest BCUT2D eigenvalue weighted by Gasteiger charge is 2.44. The first-order valence-corrected chi connectivity index (χ1v) is 6.38. The fourth-order valence-electron chi connectivity index (χ4n) is 1.67. The van der Waals surface area contributed by atoms with Crippen LogP contribution in [0, 0.1) is 5.41 Å². The van der Waals surface area contributed by atoms with Crippen LogP contribution < -0.4 is 5.32 Å². The topological polar surface area (TPSA) is 86.6 Å². The van der Waals surface area contributed by atoms with E-state index in [0.717, 1.165) is 0 Å². The normalized spacial score (nSPS) is 12.0. The maximum absolute atomic E-state index is 12.0. The Morgan fingerprint density at radius 3 is 2.30 bits per heavy atom. The average molecular weight is 279 g/mol. The van der Waals surface area contributed by atoms with Crippen LogP contribution in [0.4, 0.5) is 0 Å². The standard InChI is InChI=1S/C15H21NO4/c1-14(2,13(19)20)15(3,4)16-12(18)9-10-6-5-7-11(17)8-10/h5-8,17H,9H2,1-4H3,(H,16,18)(H,19,20). The molecular formula is C15H21NO4. The summed E-state index contributed by atoms with van der Waals surface area (Å²) in [5.41, 5.74) is -1.32. The van der Waals surface area contributed by atoms with Gasteiger partial charge in [0.05, 0.1) is 11.8 Å². The molecule has 1 rings (SSSR count). The SMILES string of the molecule is CC(C)(NC(=O)Cc1cccc(O)c1)C(C)(C)C(=O)O. The minimum Gasteiger partial charge on any atom is -0.508 e. The van der Waals surface area contributed by atoms with Crippen molar-refractivity contribution in [3.05, 3.63) is 29.8 Å². The number of carboxylic acids is 1. The van der Waals surface area contributed by atoms with Crippen molar-refractivity contribution in [3.8, 4) is 5.75 Å². The third-order valence-electron chi connectivity index (χ3n) is 3.82. The summed E-state index contributed by atoms with van der Waals surface area (Å²) in [6.45, 7) is 6.51. The number of aromatic hydroxyl groups is 1. The summed E-state index contributed by atoms with van der Waals surface area (Å²) in [4.78, 5) is 23.3. The number of phenolic OH excluding ortho intramolecular Hbond substituents is 1. The molecule has 0 aliphatic heterocycles. The van der Waals surface area contributed by atoms with Crippen LogP contribution in [0.5, 0.6) is 5.75 Å². The van der Waals surface area contributed by atoms with Gasteiger partial charge in [-0.05, 0) is 45.4 Å². The number of carbonyl (C=O) groups excluding carboxylic acids is 1. The van der Waals surface area contributed by atoms with Gasteiger partial charge in [-0.1, -0.05) is 12.1 Å². The lowest BCUT2D eigenvalue weighted by Crippen LogP contribution is -2.57. The molecule has 1 amide bonds. The first kappa shape index (κ1) is 16.0. The summed E-state index contributed by atoms with van der Waals surface area (Å²) in [6, 6.07) is 6.42. The molecular weight excluding hydrogens is 258 g/mol. The lowest BCUT2D eigenvalue weighted by atomic mass is 9.74. The number of hydrogen-bond acceptors (Lipinski definition) is 3. The zero-order valence-corrected chi connectivity index (χ0v) is 12.2. The number of benzene rings is 1. The summed E-state index contributed by atoms with van der Waals surface area (Å²) in [6.07, 6.45) is 0.0908. The van der Waals surface area contributed by atoms with E-state index in [-0.39, 0.29) is 18.1 Å². The zero-order chi connectivity index (χ0) is 15.6. The predicted molar refractivity (Wildman–Crippen MR) is 75.4 cm³/mol. The second-order valence-corrected chi connectivity index (χ2v) is 5.95. The van der Waals surface area contributed by atoms with Crippen molar-refractivity contribution in [2.24, 2.45) is 5.41 Å². The summed E-state index contributed by atoms with van der Waals surface area (Å²) in [5.74, 6) is -1.16. The third kappa shape index (κ3) is 3.50. The molecule has 0 aromatic heterocycles. The number of hydrogen-bond donors (Lipinski definition) is 3. The molecule has 0 fully saturated rings. The van der Waals surface area contributed by atoms with Gasteiger partial charge in [0.15, 0.2) is 0 Å². The Bertz CT molecular complexity index is 520. The predicted octanol–water partition coefficient (Wildman–Crippen LogP) is 1.94. The molecule has 0 unspecified atom stereocenters. The van der Waals surface area contributed by atoms with E-state index >= 15 is 0 Å². The quantitative estimate of drug-likeness (QED) is 0.768. The first-order valence-electron chi connectivity index (χ1n) is 6.38. The maximum atomic E-state index is 12.0. The fourth-order valence-corrected chi connectivity index (χ4v) is 1.67. The van der Waals surface area contributed by atoms with E-state index in [1.807, 2.05) is 0 Å². The minimum absolute atomic E-state index is 0.0908. The van der Waals surface area contributed by atoms with Gasteiger partial charge in [-0.3, -0.25) is 9.59 Å². The van der Waals surface area contributed by atoms with Crippen LogP contribution in [-0.4, -0.2) is 27.6 Å². The number of phenols is 1. The second-order valence-electron chi connectivity index (χ2n) is 5.95. The highest BCUT2D eigenvalue weighted by molar-refractivity contribution is 5.82. The summed E-state index contributed by atoms with van der Waals surface area (Å²) < 4.78 is 0. The number of aliphatic carboxylic acids is 1. The Morgan fingerprint density at radius 2 is 1.80 bits per heavy atom. The minimum atomic E-state index is -1.10. The van der Waals surface area contributed by atoms with Crippen molar-refractivity contribution >= 4 is 11.9 Å². The van der Waals surface area contributed by atoms with Crippen molar-refractivity contribution in [2.45, 2.75) is 39.7 Å². The maximum Gasteiger partial charge on any atom is 0.311 e. The van der Waals surface area contributed by atoms with E-state index in [1.54, 1.807) is 39.8 Å². The molecule has 0 heterocycles. The molecule has 0 atom stereocenters. The van der Waals surface area contributed by atoms with Gasteiger partial charge in [-0.2, -0.15) is 0 Å². The average Bonchev–Trinajstić information content (AvgIpc) is 2.27. The molecule has 0 bridgehead atoms. The van der Waals surface area contributed by atoms with Crippen LogP contribution in [-0.2, 0) is 16.0 Å². The van der Waals surface area contributed by atoms with Crippen molar-refractivity contribution in [2.75, 3.05) is 0 Å². The fraction of sp³-hybridized carbons (Fsp3) is 0.467. The molecule has 5 nitrogen and oxygen atoms in total. The van der Waals surface area contributed by atoms with E-state index in [9.17, 15) is 19.8 Å². The summed E-state index contributed by atoms with van der Waals surface area (Å²) in [7, 11) is 0. The van der Waals surface area contributed by atoms with Crippen LogP contribution in [0.1, 0.15) is 33.3 Å². The van der Waals surface area contributed by atoms with Gasteiger partial charge >= 0.3 is 5.97 Å². The molecule has 110 valence electrons. The molecule has 1 aromatic rings. The van der Waals surface area contributed by atoms with Crippen molar-refractivity contribution < 1.29 is 19.8 Å². The van der Waals surface area contributed by atoms with Crippen LogP contribution in [0.25, 0.3) is 0 Å². The lowest BCUT2D eigenvalue weighted by molar-refractivity contribution is -0.151. The van der Waals surface area contributed by atoms with E-state index in [2.05, 4.69) is 5.32 Å². The molecule has 20 heavy (non-hydrogen) atoms. The number of amides is 1. The van der Waals surface area contributed by atoms with Crippen LogP contribution >= 0.6 is 0 Å². The van der Waals surface area contributed by atoms with Gasteiger partial charge in [0, 0.05) is 5.54 Å². The van der Waals surface area contributed by atoms with E-state index in [4.69, 9.17) is 0 Å². The highest BCUT2D eigenvalue weighted by atomic mass is 16.4. The molecule has 3 N–H and O–H groups in total. The number of nitrogens with one attached hydrogen (secondary N) is 1. The molecule has 0 aliphatic carbocycles. The Hall–Kier alpha value is -2.04. The lowest BCUT2D eigenvalue weighted by Gasteiger charge is -2.38. The smallest absolute Gasteiger partial charge is 0.311 e. The Labute approximate surface area is 118 Å². The number of carbonyl (C=O) groups is 2. The van der Waals surface area contributed by atoms with Crippen molar-refractivity contribution in [1.82, 2.24) is 5.32 Å². The molecule has 0 spiro atoms. The van der Waals surface area contributed by atoms with Crippen molar-refractivity contribution in [3.63, 3.8) is 0 Å². The van der Waals surface area contributed by atoms with Crippen LogP contribution in [0.15, 0.2) is 24.3 Å². The Balaban J connectivity index is 2.78. The molecule has 1 aromatic carbocycles. The van der Waals surface area contributed by atoms with Gasteiger partial charge < -0.3 is 15.5 Å². The monoisotopic (exact) mass is 279 g/mol. The van der Waals surface area contributed by atoms with Crippen LogP contribution in [0.3, 0.4) is 0 Å². The van der Waals surface area contributed by atoms with E-state index in [1.165, 1.54) is 12.1 Å². The Kier molecular flexibility index (Phi) is 4.43. The largest absolute Gasteiger partial charge is 0.508 e. The summed E-state index contributed by atoms with van der Waals surface area (Å²) in [5, 5.41) is 21.3. The molecule has 0 radical (unpaired) electrons. The molecule has 5 heteroatoms. The third-order valence-corrected chi connectivity index (χ3v) is 3.82. The van der Waals surface area contributed by atoms with Gasteiger partial charge in [0.1, 0.15) is 5.75 Å². The van der Waals surface area contributed by atoms with Crippen LogP contribution in [0.2, 0.25) is 0 Å².